The third kappa shape index (κ3) is 7.11. The van der Waals surface area contributed by atoms with E-state index in [4.69, 9.17) is 4.74 Å². The van der Waals surface area contributed by atoms with Crippen LogP contribution in [0.1, 0.15) is 38.8 Å². The molecule has 2 aliphatic rings. The predicted octanol–water partition coefficient (Wildman–Crippen LogP) is 1.58. The summed E-state index contributed by atoms with van der Waals surface area (Å²) in [7, 11) is 0. The van der Waals surface area contributed by atoms with Gasteiger partial charge in [0.2, 0.25) is 0 Å². The van der Waals surface area contributed by atoms with Crippen molar-refractivity contribution in [3.63, 3.8) is 0 Å². The Morgan fingerprint density at radius 1 is 1.29 bits per heavy atom. The van der Waals surface area contributed by atoms with E-state index in [0.29, 0.717) is 32.1 Å². The maximum atomic E-state index is 12.1. The van der Waals surface area contributed by atoms with Crippen LogP contribution in [-0.2, 0) is 17.7 Å². The highest BCUT2D eigenvalue weighted by molar-refractivity contribution is 5.80. The fourth-order valence-corrected chi connectivity index (χ4v) is 3.82. The maximum Gasteiger partial charge on any atom is 0.410 e. The van der Waals surface area contributed by atoms with Gasteiger partial charge in [-0.15, -0.1) is 0 Å². The molecule has 0 radical (unpaired) electrons. The summed E-state index contributed by atoms with van der Waals surface area (Å²) in [5.41, 5.74) is 2.27. The third-order valence-electron chi connectivity index (χ3n) is 5.36. The van der Waals surface area contributed by atoms with Gasteiger partial charge in [-0.05, 0) is 45.2 Å². The second kappa shape index (κ2) is 10.3. The molecule has 172 valence electrons. The summed E-state index contributed by atoms with van der Waals surface area (Å²) in [6.45, 7) is 12.3. The Labute approximate surface area is 185 Å². The predicted molar refractivity (Wildman–Crippen MR) is 122 cm³/mol. The van der Waals surface area contributed by atoms with Crippen LogP contribution in [-0.4, -0.2) is 84.0 Å². The van der Waals surface area contributed by atoms with E-state index in [0.717, 1.165) is 26.1 Å². The lowest BCUT2D eigenvalue weighted by Crippen LogP contribution is -2.63. The van der Waals surface area contributed by atoms with Gasteiger partial charge in [0.15, 0.2) is 5.96 Å². The lowest BCUT2D eigenvalue weighted by atomic mass is 10.00. The number of β-amino-alcohol motifs (C(OH)–C–C–N with tert-alkyl or cyclic N) is 1. The lowest BCUT2D eigenvalue weighted by Gasteiger charge is -2.40. The van der Waals surface area contributed by atoms with E-state index in [1.54, 1.807) is 4.90 Å². The smallest absolute Gasteiger partial charge is 0.410 e. The maximum absolute atomic E-state index is 12.1. The van der Waals surface area contributed by atoms with Gasteiger partial charge < -0.3 is 25.4 Å². The van der Waals surface area contributed by atoms with Crippen molar-refractivity contribution in [1.82, 2.24) is 20.4 Å². The Bertz CT molecular complexity index is 771. The number of guanidine groups is 1. The molecule has 8 nitrogen and oxygen atoms in total. The van der Waals surface area contributed by atoms with E-state index in [-0.39, 0.29) is 12.1 Å². The first-order valence-corrected chi connectivity index (χ1v) is 11.2. The summed E-state index contributed by atoms with van der Waals surface area (Å²) in [4.78, 5) is 20.6. The van der Waals surface area contributed by atoms with Gasteiger partial charge >= 0.3 is 6.09 Å². The van der Waals surface area contributed by atoms with Gasteiger partial charge in [-0.1, -0.05) is 24.3 Å². The topological polar surface area (TPSA) is 89.4 Å². The number of rotatable bonds is 6. The molecule has 1 fully saturated rings. The largest absolute Gasteiger partial charge is 0.444 e. The van der Waals surface area contributed by atoms with Crippen LogP contribution in [0.4, 0.5) is 4.79 Å². The molecule has 3 N–H and O–H groups in total. The minimum Gasteiger partial charge on any atom is -0.444 e. The number of aliphatic hydroxyl groups is 1. The standard InChI is InChI=1S/C23H37N5O3/c1-5-24-21(26-19-14-28(15-19)22(30)31-23(2,3)4)25-12-20(29)16-27-11-10-17-8-6-7-9-18(17)13-27/h6-9,19-20,29H,5,10-16H2,1-4H3,(H2,24,25,26). The lowest BCUT2D eigenvalue weighted by molar-refractivity contribution is 0.00700. The number of amides is 1. The Hall–Kier alpha value is -2.32. The summed E-state index contributed by atoms with van der Waals surface area (Å²) in [6.07, 6.45) is 0.206. The minimum atomic E-state index is -0.527. The van der Waals surface area contributed by atoms with Crippen molar-refractivity contribution in [2.75, 3.05) is 39.3 Å². The molecule has 1 aromatic carbocycles. The Morgan fingerprint density at radius 2 is 2.00 bits per heavy atom. The number of carbonyl (C=O) groups excluding carboxylic acids is 1. The number of nitrogens with one attached hydrogen (secondary N) is 2. The molecule has 0 aliphatic carbocycles. The number of aliphatic imine (C=N–C) groups is 1. The molecule has 1 saturated heterocycles. The zero-order chi connectivity index (χ0) is 22.4. The number of hydrogen-bond acceptors (Lipinski definition) is 5. The molecule has 0 spiro atoms. The van der Waals surface area contributed by atoms with Crippen LogP contribution in [0.15, 0.2) is 29.3 Å². The molecular weight excluding hydrogens is 394 g/mol. The van der Waals surface area contributed by atoms with Gasteiger partial charge in [0.25, 0.3) is 0 Å². The van der Waals surface area contributed by atoms with Crippen LogP contribution >= 0.6 is 0 Å². The molecule has 0 saturated carbocycles. The fourth-order valence-electron chi connectivity index (χ4n) is 3.82. The number of carbonyl (C=O) groups is 1. The van der Waals surface area contributed by atoms with Crippen molar-refractivity contribution in [1.29, 1.82) is 0 Å². The van der Waals surface area contributed by atoms with E-state index in [9.17, 15) is 9.90 Å². The number of nitrogens with zero attached hydrogens (tertiary/aromatic N) is 3. The van der Waals surface area contributed by atoms with Crippen molar-refractivity contribution in [2.24, 2.45) is 4.99 Å². The molecule has 3 rings (SSSR count). The van der Waals surface area contributed by atoms with Gasteiger partial charge in [0, 0.05) is 39.3 Å². The highest BCUT2D eigenvalue weighted by Gasteiger charge is 2.34. The summed E-state index contributed by atoms with van der Waals surface area (Å²) >= 11 is 0. The van der Waals surface area contributed by atoms with Crippen molar-refractivity contribution >= 4 is 12.1 Å². The molecular formula is C23H37N5O3. The van der Waals surface area contributed by atoms with Crippen molar-refractivity contribution in [3.05, 3.63) is 35.4 Å². The number of ether oxygens (including phenoxy) is 1. The first-order chi connectivity index (χ1) is 14.7. The number of likely N-dealkylation sites (tertiary alicyclic amines) is 1. The normalized spacial score (nSPS) is 18.7. The first kappa shape index (κ1) is 23.3. The minimum absolute atomic E-state index is 0.126. The van der Waals surface area contributed by atoms with E-state index >= 15 is 0 Å². The molecule has 0 aromatic heterocycles. The van der Waals surface area contributed by atoms with Crippen LogP contribution in [0.3, 0.4) is 0 Å². The molecule has 1 atom stereocenters. The van der Waals surface area contributed by atoms with Crippen molar-refractivity contribution < 1.29 is 14.6 Å². The summed E-state index contributed by atoms with van der Waals surface area (Å²) < 4.78 is 5.39. The fraction of sp³-hybridized carbons (Fsp3) is 0.652. The third-order valence-corrected chi connectivity index (χ3v) is 5.36. The van der Waals surface area contributed by atoms with Gasteiger partial charge in [-0.2, -0.15) is 0 Å². The van der Waals surface area contributed by atoms with E-state index in [1.165, 1.54) is 11.1 Å². The SMILES string of the molecule is CCNC(=NCC(O)CN1CCc2ccccc2C1)NC1CN(C(=O)OC(C)(C)C)C1. The van der Waals surface area contributed by atoms with Crippen LogP contribution in [0.2, 0.25) is 0 Å². The first-order valence-electron chi connectivity index (χ1n) is 11.2. The average Bonchev–Trinajstić information content (AvgIpc) is 2.66. The Kier molecular flexibility index (Phi) is 7.78. The van der Waals surface area contributed by atoms with E-state index in [2.05, 4.69) is 44.8 Å². The molecule has 1 amide bonds. The van der Waals surface area contributed by atoms with Gasteiger partial charge in [0.05, 0.1) is 18.7 Å². The molecule has 31 heavy (non-hydrogen) atoms. The number of aliphatic hydroxyl groups excluding tert-OH is 1. The van der Waals surface area contributed by atoms with E-state index < -0.39 is 11.7 Å². The van der Waals surface area contributed by atoms with Crippen LogP contribution in [0, 0.1) is 0 Å². The monoisotopic (exact) mass is 431 g/mol. The molecule has 0 bridgehead atoms. The van der Waals surface area contributed by atoms with Crippen molar-refractivity contribution in [2.45, 2.75) is 58.4 Å². The second-order valence-corrected chi connectivity index (χ2v) is 9.35. The average molecular weight is 432 g/mol. The van der Waals surface area contributed by atoms with Gasteiger partial charge in [-0.25, -0.2) is 4.79 Å². The molecule has 1 aromatic rings. The highest BCUT2D eigenvalue weighted by atomic mass is 16.6. The van der Waals surface area contributed by atoms with E-state index in [1.807, 2.05) is 27.7 Å². The Balaban J connectivity index is 1.43. The molecule has 1 unspecified atom stereocenters. The zero-order valence-electron chi connectivity index (χ0n) is 19.2. The summed E-state index contributed by atoms with van der Waals surface area (Å²) in [5, 5.41) is 17.1. The number of benzene rings is 1. The second-order valence-electron chi connectivity index (χ2n) is 9.35. The molecule has 8 heteroatoms. The van der Waals surface area contributed by atoms with Crippen LogP contribution < -0.4 is 10.6 Å². The zero-order valence-corrected chi connectivity index (χ0v) is 19.2. The van der Waals surface area contributed by atoms with Crippen molar-refractivity contribution in [3.8, 4) is 0 Å². The quantitative estimate of drug-likeness (QED) is 0.468. The van der Waals surface area contributed by atoms with Crippen LogP contribution in [0.25, 0.3) is 0 Å². The van der Waals surface area contributed by atoms with Gasteiger partial charge in [0.1, 0.15) is 5.60 Å². The number of fused-ring (bicyclic) bond motifs is 1. The summed E-state index contributed by atoms with van der Waals surface area (Å²) in [5.74, 6) is 0.666. The summed E-state index contributed by atoms with van der Waals surface area (Å²) in [6, 6.07) is 8.63. The van der Waals surface area contributed by atoms with Crippen LogP contribution in [0.5, 0.6) is 0 Å². The Morgan fingerprint density at radius 3 is 2.68 bits per heavy atom. The highest BCUT2D eigenvalue weighted by Crippen LogP contribution is 2.18. The van der Waals surface area contributed by atoms with Gasteiger partial charge in [-0.3, -0.25) is 9.89 Å². The molecule has 2 aliphatic heterocycles. The number of hydrogen-bond donors (Lipinski definition) is 3. The molecule has 2 heterocycles.